The number of imidazole rings is 2. The zero-order chi connectivity index (χ0) is 37.9. The van der Waals surface area contributed by atoms with Crippen LogP contribution in [0.3, 0.4) is 0 Å². The molecule has 3 aliphatic heterocycles. The van der Waals surface area contributed by atoms with Crippen LogP contribution >= 0.6 is 0 Å². The van der Waals surface area contributed by atoms with Crippen molar-refractivity contribution in [3.8, 4) is 28.1 Å². The number of benzene rings is 3. The van der Waals surface area contributed by atoms with Crippen LogP contribution in [-0.2, 0) is 19.1 Å². The third kappa shape index (κ3) is 7.69. The number of aromatic nitrogens is 4. The number of nitrogens with one attached hydrogen (secondary N) is 2. The molecule has 3 amide bonds. The Morgan fingerprint density at radius 1 is 0.836 bits per heavy atom. The van der Waals surface area contributed by atoms with E-state index in [0.29, 0.717) is 13.2 Å². The molecule has 0 saturated carbocycles. The standard InChI is InChI=1S/C43H48N8O4/c1-48(2)28-38(52)47-39(32-9-4-3-5-10-32)43(54)51-24-7-12-36(51)41-44-22-25-49(41)33-20-18-30(19-21-33)29-14-16-31(17-15-29)34-27-45-40(46-34)35-11-6-23-50(35)42(53)37-13-8-26-55-37/h3-5,9-10,14-22,25,27,35-37,39H,6-8,11-13,23-24,26,28H2,1-2H3,(H,45,46)(H,47,52)/t35-,36-,37+,39+/m0/s1. The van der Waals surface area contributed by atoms with E-state index in [9.17, 15) is 14.4 Å². The van der Waals surface area contributed by atoms with Gasteiger partial charge in [0.2, 0.25) is 11.8 Å². The molecular formula is C43H48N8O4. The molecule has 12 nitrogen and oxygen atoms in total. The number of carbonyl (C=O) groups is 3. The third-order valence-electron chi connectivity index (χ3n) is 11.0. The van der Waals surface area contributed by atoms with Gasteiger partial charge in [0.05, 0.1) is 30.5 Å². The highest BCUT2D eigenvalue weighted by atomic mass is 16.5. The van der Waals surface area contributed by atoms with Gasteiger partial charge in [0.25, 0.3) is 5.91 Å². The highest BCUT2D eigenvalue weighted by molar-refractivity contribution is 5.89. The Morgan fingerprint density at radius 2 is 1.53 bits per heavy atom. The van der Waals surface area contributed by atoms with Crippen molar-refractivity contribution in [3.63, 3.8) is 0 Å². The summed E-state index contributed by atoms with van der Waals surface area (Å²) in [7, 11) is 3.66. The smallest absolute Gasteiger partial charge is 0.252 e. The van der Waals surface area contributed by atoms with Crippen LogP contribution in [0.2, 0.25) is 0 Å². The lowest BCUT2D eigenvalue weighted by atomic mass is 10.0. The fourth-order valence-corrected chi connectivity index (χ4v) is 8.25. The number of ether oxygens (including phenoxy) is 1. The van der Waals surface area contributed by atoms with Crippen LogP contribution in [0.5, 0.6) is 0 Å². The fraction of sp³-hybridized carbons (Fsp3) is 0.372. The van der Waals surface area contributed by atoms with Crippen LogP contribution in [-0.4, -0.2) is 98.4 Å². The zero-order valence-corrected chi connectivity index (χ0v) is 31.4. The van der Waals surface area contributed by atoms with Crippen molar-refractivity contribution < 1.29 is 19.1 Å². The van der Waals surface area contributed by atoms with Gasteiger partial charge < -0.3 is 34.3 Å². The summed E-state index contributed by atoms with van der Waals surface area (Å²) in [4.78, 5) is 58.8. The number of nitrogens with zero attached hydrogens (tertiary/aromatic N) is 6. The van der Waals surface area contributed by atoms with Crippen molar-refractivity contribution in [2.45, 2.75) is 62.8 Å². The molecule has 5 heterocycles. The maximum absolute atomic E-state index is 14.2. The molecule has 0 unspecified atom stereocenters. The SMILES string of the molecule is CN(C)CC(=O)N[C@@H](C(=O)N1CCC[C@H]1c1nccn1-c1ccc(-c2ccc(-c3cnc([C@@H]4CCCN4C(=O)[C@H]4CCCO4)[nH]3)cc2)cc1)c1ccccc1. The van der Waals surface area contributed by atoms with Gasteiger partial charge in [-0.05, 0) is 87.0 Å². The first-order valence-corrected chi connectivity index (χ1v) is 19.3. The summed E-state index contributed by atoms with van der Waals surface area (Å²) in [6.45, 7) is 2.18. The first kappa shape index (κ1) is 36.4. The number of likely N-dealkylation sites (N-methyl/N-ethyl adjacent to an activating group) is 1. The second-order valence-corrected chi connectivity index (χ2v) is 15.0. The zero-order valence-electron chi connectivity index (χ0n) is 31.4. The molecular weight excluding hydrogens is 693 g/mol. The number of hydrogen-bond donors (Lipinski definition) is 2. The lowest BCUT2D eigenvalue weighted by Gasteiger charge is -2.30. The van der Waals surface area contributed by atoms with E-state index in [1.54, 1.807) is 11.1 Å². The Morgan fingerprint density at radius 3 is 2.24 bits per heavy atom. The van der Waals surface area contributed by atoms with E-state index < -0.39 is 6.04 Å². The van der Waals surface area contributed by atoms with Crippen molar-refractivity contribution in [1.82, 2.24) is 39.5 Å². The molecule has 3 saturated heterocycles. The van der Waals surface area contributed by atoms with Crippen LogP contribution in [0.4, 0.5) is 0 Å². The van der Waals surface area contributed by atoms with Gasteiger partial charge >= 0.3 is 0 Å². The molecule has 12 heteroatoms. The lowest BCUT2D eigenvalue weighted by molar-refractivity contribution is -0.142. The van der Waals surface area contributed by atoms with E-state index in [0.717, 1.165) is 90.4 Å². The average molecular weight is 741 g/mol. The number of carbonyl (C=O) groups excluding carboxylic acids is 3. The predicted octanol–water partition coefficient (Wildman–Crippen LogP) is 5.85. The monoisotopic (exact) mass is 740 g/mol. The maximum Gasteiger partial charge on any atom is 0.252 e. The molecule has 2 N–H and O–H groups in total. The van der Waals surface area contributed by atoms with Crippen molar-refractivity contribution in [2.24, 2.45) is 0 Å². The summed E-state index contributed by atoms with van der Waals surface area (Å²) in [5.74, 6) is 1.37. The van der Waals surface area contributed by atoms with Crippen molar-refractivity contribution in [2.75, 3.05) is 40.3 Å². The quantitative estimate of drug-likeness (QED) is 0.174. The Kier molecular flexibility index (Phi) is 10.6. The minimum absolute atomic E-state index is 0.0524. The molecule has 284 valence electrons. The van der Waals surface area contributed by atoms with E-state index in [2.05, 4.69) is 63.4 Å². The van der Waals surface area contributed by atoms with Gasteiger partial charge in [0, 0.05) is 37.8 Å². The van der Waals surface area contributed by atoms with Gasteiger partial charge in [-0.2, -0.15) is 0 Å². The number of aromatic amines is 1. The van der Waals surface area contributed by atoms with E-state index in [4.69, 9.17) is 14.7 Å². The highest BCUT2D eigenvalue weighted by Crippen LogP contribution is 2.36. The molecule has 0 spiro atoms. The van der Waals surface area contributed by atoms with Crippen LogP contribution in [0.15, 0.2) is 97.5 Å². The van der Waals surface area contributed by atoms with Crippen molar-refractivity contribution in [1.29, 1.82) is 0 Å². The van der Waals surface area contributed by atoms with E-state index in [-0.39, 0.29) is 42.5 Å². The molecule has 3 fully saturated rings. The second-order valence-electron chi connectivity index (χ2n) is 15.0. The summed E-state index contributed by atoms with van der Waals surface area (Å²) in [6, 6.07) is 25.1. The minimum atomic E-state index is -0.788. The number of hydrogen-bond acceptors (Lipinski definition) is 7. The maximum atomic E-state index is 14.2. The summed E-state index contributed by atoms with van der Waals surface area (Å²) < 4.78 is 7.74. The lowest BCUT2D eigenvalue weighted by Crippen LogP contribution is -2.45. The van der Waals surface area contributed by atoms with Crippen LogP contribution in [0.1, 0.15) is 73.9 Å². The molecule has 0 radical (unpaired) electrons. The topological polar surface area (TPSA) is 129 Å². The fourth-order valence-electron chi connectivity index (χ4n) is 8.25. The molecule has 55 heavy (non-hydrogen) atoms. The summed E-state index contributed by atoms with van der Waals surface area (Å²) in [6.07, 6.45) is 10.5. The Labute approximate surface area is 321 Å². The molecule has 2 aromatic heterocycles. The summed E-state index contributed by atoms with van der Waals surface area (Å²) in [5, 5.41) is 2.99. The number of likely N-dealkylation sites (tertiary alicyclic amines) is 2. The Bertz CT molecular complexity index is 2100. The largest absolute Gasteiger partial charge is 0.368 e. The van der Waals surface area contributed by atoms with E-state index in [1.807, 2.05) is 66.6 Å². The minimum Gasteiger partial charge on any atom is -0.368 e. The summed E-state index contributed by atoms with van der Waals surface area (Å²) >= 11 is 0. The van der Waals surface area contributed by atoms with Crippen LogP contribution < -0.4 is 5.32 Å². The average Bonchev–Trinajstić information content (AvgIpc) is 4.05. The summed E-state index contributed by atoms with van der Waals surface area (Å²) in [5.41, 5.74) is 5.82. The van der Waals surface area contributed by atoms with E-state index in [1.165, 1.54) is 0 Å². The highest BCUT2D eigenvalue weighted by Gasteiger charge is 2.39. The van der Waals surface area contributed by atoms with Crippen LogP contribution in [0.25, 0.3) is 28.1 Å². The van der Waals surface area contributed by atoms with Crippen molar-refractivity contribution in [3.05, 3.63) is 115 Å². The predicted molar refractivity (Wildman–Crippen MR) is 209 cm³/mol. The number of amides is 3. The Hall–Kier alpha value is -5.59. The number of rotatable bonds is 11. The number of H-pyrrole nitrogens is 1. The van der Waals surface area contributed by atoms with Gasteiger partial charge in [-0.1, -0.05) is 66.7 Å². The van der Waals surface area contributed by atoms with E-state index >= 15 is 0 Å². The normalized spacial score (nSPS) is 20.3. The van der Waals surface area contributed by atoms with Crippen LogP contribution in [0, 0.1) is 0 Å². The van der Waals surface area contributed by atoms with Gasteiger partial charge in [-0.3, -0.25) is 14.4 Å². The second kappa shape index (κ2) is 16.0. The first-order valence-electron chi connectivity index (χ1n) is 19.3. The van der Waals surface area contributed by atoms with Gasteiger partial charge in [-0.15, -0.1) is 0 Å². The van der Waals surface area contributed by atoms with Gasteiger partial charge in [-0.25, -0.2) is 9.97 Å². The molecule has 0 bridgehead atoms. The third-order valence-corrected chi connectivity index (χ3v) is 11.0. The molecule has 8 rings (SSSR count). The molecule has 0 aliphatic carbocycles. The molecule has 3 aromatic carbocycles. The molecule has 5 aromatic rings. The molecule has 4 atom stereocenters. The van der Waals surface area contributed by atoms with Gasteiger partial charge in [0.15, 0.2) is 0 Å². The Balaban J connectivity index is 0.957. The van der Waals surface area contributed by atoms with Gasteiger partial charge in [0.1, 0.15) is 23.8 Å². The van der Waals surface area contributed by atoms with Crippen molar-refractivity contribution >= 4 is 17.7 Å². The first-order chi connectivity index (χ1) is 26.8. The molecule has 3 aliphatic rings.